The van der Waals surface area contributed by atoms with E-state index in [-0.39, 0.29) is 0 Å². The third-order valence-electron chi connectivity index (χ3n) is 3.21. The van der Waals surface area contributed by atoms with Crippen molar-refractivity contribution >= 4 is 11.6 Å². The van der Waals surface area contributed by atoms with E-state index in [1.807, 2.05) is 6.07 Å². The zero-order valence-electron chi connectivity index (χ0n) is 9.22. The van der Waals surface area contributed by atoms with Crippen LogP contribution < -0.4 is 5.32 Å². The van der Waals surface area contributed by atoms with Crippen LogP contribution in [0.3, 0.4) is 0 Å². The molecule has 0 aromatic heterocycles. The highest BCUT2D eigenvalue weighted by Gasteiger charge is 2.13. The van der Waals surface area contributed by atoms with E-state index in [2.05, 4.69) is 24.4 Å². The molecule has 1 heterocycles. The minimum Gasteiger partial charge on any atom is -0.317 e. The van der Waals surface area contributed by atoms with Gasteiger partial charge in [-0.05, 0) is 62.4 Å². The van der Waals surface area contributed by atoms with E-state index in [9.17, 15) is 0 Å². The molecule has 82 valence electrons. The van der Waals surface area contributed by atoms with Gasteiger partial charge < -0.3 is 5.32 Å². The molecule has 0 aliphatic carbocycles. The average Bonchev–Trinajstić information content (AvgIpc) is 2.25. The van der Waals surface area contributed by atoms with Gasteiger partial charge in [0.2, 0.25) is 0 Å². The Morgan fingerprint density at radius 2 is 2.07 bits per heavy atom. The maximum atomic E-state index is 6.01. The van der Waals surface area contributed by atoms with Crippen LogP contribution in [0, 0.1) is 12.8 Å². The van der Waals surface area contributed by atoms with Crippen molar-refractivity contribution < 1.29 is 0 Å². The second-order valence-corrected chi connectivity index (χ2v) is 4.89. The largest absolute Gasteiger partial charge is 0.317 e. The van der Waals surface area contributed by atoms with Crippen molar-refractivity contribution in [2.24, 2.45) is 5.92 Å². The quantitative estimate of drug-likeness (QED) is 0.812. The maximum absolute atomic E-state index is 6.01. The summed E-state index contributed by atoms with van der Waals surface area (Å²) in [5.41, 5.74) is 2.63. The molecule has 15 heavy (non-hydrogen) atoms. The summed E-state index contributed by atoms with van der Waals surface area (Å²) >= 11 is 6.01. The first-order chi connectivity index (χ1) is 7.25. The molecule has 1 aliphatic rings. The van der Waals surface area contributed by atoms with Crippen LogP contribution >= 0.6 is 11.6 Å². The Hall–Kier alpha value is -0.530. The van der Waals surface area contributed by atoms with Crippen LogP contribution in [0.15, 0.2) is 18.2 Å². The molecule has 0 bridgehead atoms. The number of hydrogen-bond acceptors (Lipinski definition) is 1. The van der Waals surface area contributed by atoms with Crippen molar-refractivity contribution in [1.29, 1.82) is 0 Å². The highest BCUT2D eigenvalue weighted by Crippen LogP contribution is 2.21. The van der Waals surface area contributed by atoms with Crippen LogP contribution in [0.5, 0.6) is 0 Å². The molecule has 0 amide bonds. The van der Waals surface area contributed by atoms with Gasteiger partial charge in [0.1, 0.15) is 0 Å². The summed E-state index contributed by atoms with van der Waals surface area (Å²) in [6.07, 6.45) is 3.82. The molecule has 1 fully saturated rings. The number of nitrogens with one attached hydrogen (secondary N) is 1. The fraction of sp³-hybridized carbons (Fsp3) is 0.538. The molecule has 2 rings (SSSR count). The highest BCUT2D eigenvalue weighted by molar-refractivity contribution is 6.31. The monoisotopic (exact) mass is 223 g/mol. The first kappa shape index (κ1) is 11.0. The predicted octanol–water partition coefficient (Wildman–Crippen LogP) is 3.19. The summed E-state index contributed by atoms with van der Waals surface area (Å²) in [6, 6.07) is 6.41. The van der Waals surface area contributed by atoms with Crippen molar-refractivity contribution in [1.82, 2.24) is 5.32 Å². The zero-order chi connectivity index (χ0) is 10.7. The molecular weight excluding hydrogens is 206 g/mol. The van der Waals surface area contributed by atoms with Gasteiger partial charge in [0.25, 0.3) is 0 Å². The SMILES string of the molecule is Cc1cc(CC2CCNCC2)ccc1Cl. The first-order valence-corrected chi connectivity index (χ1v) is 6.09. The minimum absolute atomic E-state index is 0.854. The molecule has 0 unspecified atom stereocenters. The first-order valence-electron chi connectivity index (χ1n) is 5.71. The van der Waals surface area contributed by atoms with Crippen LogP contribution in [-0.2, 0) is 6.42 Å². The lowest BCUT2D eigenvalue weighted by atomic mass is 9.90. The Morgan fingerprint density at radius 1 is 1.33 bits per heavy atom. The van der Waals surface area contributed by atoms with Gasteiger partial charge in [-0.3, -0.25) is 0 Å². The topological polar surface area (TPSA) is 12.0 Å². The molecule has 0 saturated carbocycles. The van der Waals surface area contributed by atoms with E-state index in [0.29, 0.717) is 0 Å². The number of benzene rings is 1. The summed E-state index contributed by atoms with van der Waals surface area (Å²) in [7, 11) is 0. The van der Waals surface area contributed by atoms with Gasteiger partial charge in [0.15, 0.2) is 0 Å². The van der Waals surface area contributed by atoms with Gasteiger partial charge in [0.05, 0.1) is 0 Å². The van der Waals surface area contributed by atoms with Crippen molar-refractivity contribution in [3.63, 3.8) is 0 Å². The van der Waals surface area contributed by atoms with E-state index in [4.69, 9.17) is 11.6 Å². The fourth-order valence-electron chi connectivity index (χ4n) is 2.25. The summed E-state index contributed by atoms with van der Waals surface area (Å²) in [5.74, 6) is 0.854. The number of piperidine rings is 1. The smallest absolute Gasteiger partial charge is 0.0435 e. The Kier molecular flexibility index (Phi) is 3.66. The summed E-state index contributed by atoms with van der Waals surface area (Å²) < 4.78 is 0. The molecule has 0 atom stereocenters. The molecule has 0 spiro atoms. The van der Waals surface area contributed by atoms with Crippen LogP contribution in [0.4, 0.5) is 0 Å². The molecule has 1 nitrogen and oxygen atoms in total. The van der Waals surface area contributed by atoms with Crippen LogP contribution in [0.25, 0.3) is 0 Å². The number of rotatable bonds is 2. The van der Waals surface area contributed by atoms with E-state index in [1.165, 1.54) is 43.5 Å². The fourth-order valence-corrected chi connectivity index (χ4v) is 2.37. The minimum atomic E-state index is 0.854. The van der Waals surface area contributed by atoms with Gasteiger partial charge in [-0.2, -0.15) is 0 Å². The number of hydrogen-bond donors (Lipinski definition) is 1. The van der Waals surface area contributed by atoms with E-state index in [1.54, 1.807) is 0 Å². The average molecular weight is 224 g/mol. The van der Waals surface area contributed by atoms with Crippen molar-refractivity contribution in [3.8, 4) is 0 Å². The molecular formula is C13H18ClN. The molecule has 1 aromatic rings. The second kappa shape index (κ2) is 5.00. The molecule has 0 radical (unpaired) electrons. The van der Waals surface area contributed by atoms with E-state index < -0.39 is 0 Å². The predicted molar refractivity (Wildman–Crippen MR) is 65.5 cm³/mol. The molecule has 1 saturated heterocycles. The normalized spacial score (nSPS) is 18.0. The molecule has 1 aromatic carbocycles. The maximum Gasteiger partial charge on any atom is 0.0435 e. The van der Waals surface area contributed by atoms with E-state index >= 15 is 0 Å². The molecule has 2 heteroatoms. The zero-order valence-corrected chi connectivity index (χ0v) is 9.98. The Labute approximate surface area is 96.8 Å². The van der Waals surface area contributed by atoms with Gasteiger partial charge >= 0.3 is 0 Å². The van der Waals surface area contributed by atoms with Gasteiger partial charge in [0, 0.05) is 5.02 Å². The van der Waals surface area contributed by atoms with Gasteiger partial charge in [-0.15, -0.1) is 0 Å². The lowest BCUT2D eigenvalue weighted by Gasteiger charge is -2.22. The van der Waals surface area contributed by atoms with Crippen molar-refractivity contribution in [3.05, 3.63) is 34.3 Å². The lowest BCUT2D eigenvalue weighted by Crippen LogP contribution is -2.28. The van der Waals surface area contributed by atoms with Crippen molar-refractivity contribution in [2.75, 3.05) is 13.1 Å². The highest BCUT2D eigenvalue weighted by atomic mass is 35.5. The Balaban J connectivity index is 2.00. The summed E-state index contributed by atoms with van der Waals surface area (Å²) in [4.78, 5) is 0. The van der Waals surface area contributed by atoms with Crippen LogP contribution in [0.2, 0.25) is 5.02 Å². The molecule has 1 aliphatic heterocycles. The lowest BCUT2D eigenvalue weighted by molar-refractivity contribution is 0.372. The molecule has 1 N–H and O–H groups in total. The standard InChI is InChI=1S/C13H18ClN/c1-10-8-12(2-3-13(10)14)9-11-4-6-15-7-5-11/h2-3,8,11,15H,4-7,9H2,1H3. The van der Waals surface area contributed by atoms with Crippen molar-refractivity contribution in [2.45, 2.75) is 26.2 Å². The number of halogens is 1. The van der Waals surface area contributed by atoms with E-state index in [0.717, 1.165) is 10.9 Å². The Bertz CT molecular complexity index is 329. The summed E-state index contributed by atoms with van der Waals surface area (Å²) in [6.45, 7) is 4.43. The third kappa shape index (κ3) is 2.96. The van der Waals surface area contributed by atoms with Crippen LogP contribution in [-0.4, -0.2) is 13.1 Å². The van der Waals surface area contributed by atoms with Gasteiger partial charge in [-0.25, -0.2) is 0 Å². The second-order valence-electron chi connectivity index (χ2n) is 4.48. The third-order valence-corrected chi connectivity index (χ3v) is 3.63. The van der Waals surface area contributed by atoms with Gasteiger partial charge in [-0.1, -0.05) is 23.7 Å². The Morgan fingerprint density at radius 3 is 2.73 bits per heavy atom. The summed E-state index contributed by atoms with van der Waals surface area (Å²) in [5, 5.41) is 4.28. The van der Waals surface area contributed by atoms with Crippen LogP contribution in [0.1, 0.15) is 24.0 Å². The number of aryl methyl sites for hydroxylation is 1.